The van der Waals surface area contributed by atoms with Gasteiger partial charge in [-0.25, -0.2) is 9.59 Å². The third kappa shape index (κ3) is 13.5. The Balaban J connectivity index is 3.30. The minimum atomic E-state index is -0.896. The molecule has 0 aromatic carbocycles. The number of aliphatic hydroxyl groups is 3. The van der Waals surface area contributed by atoms with Gasteiger partial charge in [-0.15, -0.1) is 0 Å². The molecule has 0 aromatic heterocycles. The molecular weight excluding hydrogens is 536 g/mol. The molecule has 0 aromatic rings. The fourth-order valence-electron chi connectivity index (χ4n) is 5.41. The zero-order valence-corrected chi connectivity index (χ0v) is 26.5. The summed E-state index contributed by atoms with van der Waals surface area (Å²) in [6.07, 6.45) is 12.9. The summed E-state index contributed by atoms with van der Waals surface area (Å²) in [6.45, 7) is 15.4. The van der Waals surface area contributed by atoms with Gasteiger partial charge in [0.1, 0.15) is 12.2 Å². The van der Waals surface area contributed by atoms with Crippen molar-refractivity contribution in [2.45, 2.75) is 97.7 Å². The van der Waals surface area contributed by atoms with Crippen LogP contribution in [-0.4, -0.2) is 65.1 Å². The molecule has 0 fully saturated rings. The number of cyclic esters (lactones) is 1. The van der Waals surface area contributed by atoms with Gasteiger partial charge in [0.2, 0.25) is 0 Å². The van der Waals surface area contributed by atoms with Crippen LogP contribution in [0, 0.1) is 35.5 Å². The van der Waals surface area contributed by atoms with Gasteiger partial charge >= 0.3 is 12.1 Å². The van der Waals surface area contributed by atoms with Crippen molar-refractivity contribution in [2.75, 3.05) is 7.11 Å². The van der Waals surface area contributed by atoms with Gasteiger partial charge in [0.05, 0.1) is 25.4 Å². The number of hydrogen-bond donors (Lipinski definition) is 3. The van der Waals surface area contributed by atoms with Crippen molar-refractivity contribution in [3.63, 3.8) is 0 Å². The molecule has 1 aliphatic rings. The molecular formula is C34H54O8. The second-order valence-corrected chi connectivity index (χ2v) is 12.0. The summed E-state index contributed by atoms with van der Waals surface area (Å²) in [5, 5.41) is 32.3. The van der Waals surface area contributed by atoms with E-state index in [1.807, 2.05) is 40.7 Å². The largest absolute Gasteiger partial charge is 0.508 e. The fourth-order valence-corrected chi connectivity index (χ4v) is 5.41. The highest BCUT2D eigenvalue weighted by atomic mass is 16.7. The van der Waals surface area contributed by atoms with E-state index in [0.29, 0.717) is 6.42 Å². The third-order valence-corrected chi connectivity index (χ3v) is 8.14. The molecule has 0 amide bonds. The second kappa shape index (κ2) is 19.5. The highest BCUT2D eigenvalue weighted by Gasteiger charge is 2.32. The Morgan fingerprint density at radius 2 is 1.69 bits per heavy atom. The van der Waals surface area contributed by atoms with E-state index in [9.17, 15) is 24.9 Å². The first-order chi connectivity index (χ1) is 19.8. The van der Waals surface area contributed by atoms with E-state index in [2.05, 4.69) is 13.5 Å². The highest BCUT2D eigenvalue weighted by Crippen LogP contribution is 2.30. The molecule has 8 nitrogen and oxygen atoms in total. The van der Waals surface area contributed by atoms with Gasteiger partial charge in [-0.3, -0.25) is 0 Å². The van der Waals surface area contributed by atoms with Crippen molar-refractivity contribution in [1.29, 1.82) is 0 Å². The fraction of sp³-hybridized carbons (Fsp3) is 0.647. The average molecular weight is 591 g/mol. The van der Waals surface area contributed by atoms with Crippen LogP contribution in [0.25, 0.3) is 0 Å². The summed E-state index contributed by atoms with van der Waals surface area (Å²) in [7, 11) is 1.27. The lowest BCUT2D eigenvalue weighted by Gasteiger charge is -2.32. The average Bonchev–Trinajstić information content (AvgIpc) is 2.95. The molecule has 8 heteroatoms. The predicted octanol–water partition coefficient (Wildman–Crippen LogP) is 5.93. The van der Waals surface area contributed by atoms with E-state index in [1.165, 1.54) is 13.2 Å². The summed E-state index contributed by atoms with van der Waals surface area (Å²) >= 11 is 0. The zero-order valence-electron chi connectivity index (χ0n) is 26.5. The van der Waals surface area contributed by atoms with Crippen LogP contribution in [0.3, 0.4) is 0 Å². The van der Waals surface area contributed by atoms with Crippen molar-refractivity contribution in [3.05, 3.63) is 61.3 Å². The number of allylic oxidation sites excluding steroid dienone is 4. The first-order valence-electron chi connectivity index (χ1n) is 15.1. The molecule has 0 saturated carbocycles. The number of methoxy groups -OCH3 is 1. The number of aliphatic hydroxyl groups excluding tert-OH is 3. The molecule has 42 heavy (non-hydrogen) atoms. The molecule has 1 rings (SSSR count). The summed E-state index contributed by atoms with van der Waals surface area (Å²) in [5.74, 6) is -1.34. The highest BCUT2D eigenvalue weighted by molar-refractivity contribution is 5.82. The summed E-state index contributed by atoms with van der Waals surface area (Å²) in [5.41, 5.74) is 0. The van der Waals surface area contributed by atoms with Crippen molar-refractivity contribution in [2.24, 2.45) is 35.5 Å². The molecule has 0 saturated heterocycles. The lowest BCUT2D eigenvalue weighted by Crippen LogP contribution is -2.37. The van der Waals surface area contributed by atoms with Crippen LogP contribution in [0.1, 0.15) is 67.2 Å². The van der Waals surface area contributed by atoms with Crippen LogP contribution in [-0.2, 0) is 19.0 Å². The van der Waals surface area contributed by atoms with Crippen molar-refractivity contribution in [3.8, 4) is 0 Å². The Kier molecular flexibility index (Phi) is 17.3. The summed E-state index contributed by atoms with van der Waals surface area (Å²) in [4.78, 5) is 24.8. The predicted molar refractivity (Wildman–Crippen MR) is 165 cm³/mol. The van der Waals surface area contributed by atoms with E-state index < -0.39 is 42.6 Å². The van der Waals surface area contributed by atoms with Crippen LogP contribution < -0.4 is 0 Å². The second-order valence-electron chi connectivity index (χ2n) is 12.0. The monoisotopic (exact) mass is 590 g/mol. The first-order valence-corrected chi connectivity index (χ1v) is 15.1. The molecule has 11 atom stereocenters. The van der Waals surface area contributed by atoms with Gasteiger partial charge in [0.25, 0.3) is 0 Å². The summed E-state index contributed by atoms with van der Waals surface area (Å²) in [6, 6.07) is 0. The van der Waals surface area contributed by atoms with Crippen LogP contribution in [0.2, 0.25) is 0 Å². The normalized spacial score (nSPS) is 37.7. The standard InChI is InChI=1S/C34H54O8/c1-9-10-13-24(4)33-27(7)29(36)19-16-22(2)20-26(6)32(42-34(39)40-8)25(5)17-18-28(35)21-30(37)23(3)14-11-12-15-31(38)41-33/h9-15,17-18,22-30,32-33,35-37H,1,16,19-21H2,2-8H3/b13-10-,14-11+,15-12-,18-17-/t22-,23+,24-,25-,26-,27-,28+,29+,30-,32-,33-/m0/s1. The smallest absolute Gasteiger partial charge is 0.458 e. The number of carbonyl (C=O) groups excluding carboxylic acids is 2. The van der Waals surface area contributed by atoms with Crippen LogP contribution in [0.4, 0.5) is 4.79 Å². The van der Waals surface area contributed by atoms with Crippen LogP contribution in [0.15, 0.2) is 61.3 Å². The van der Waals surface area contributed by atoms with Gasteiger partial charge in [0, 0.05) is 36.2 Å². The molecule has 1 heterocycles. The minimum absolute atomic E-state index is 0.0383. The molecule has 0 unspecified atom stereocenters. The zero-order chi connectivity index (χ0) is 31.8. The SMILES string of the molecule is C=C/C=C\[C@H](C)[C@@H]1OC(=O)/C=C\C=C\[C@@H](C)[C@@H](O)C[C@H](O)/C=C\[C@H](C)[C@H](OC(=O)OC)[C@@H](C)C[C@@H](C)CC[C@@H](O)[C@@H]1C. The minimum Gasteiger partial charge on any atom is -0.458 e. The molecule has 3 N–H and O–H groups in total. The van der Waals surface area contributed by atoms with Crippen molar-refractivity contribution >= 4 is 12.1 Å². The molecule has 1 aliphatic heterocycles. The summed E-state index contributed by atoms with van der Waals surface area (Å²) < 4.78 is 16.2. The third-order valence-electron chi connectivity index (χ3n) is 8.14. The van der Waals surface area contributed by atoms with Gasteiger partial charge < -0.3 is 29.5 Å². The Labute approximate surface area is 252 Å². The lowest BCUT2D eigenvalue weighted by atomic mass is 9.82. The Morgan fingerprint density at radius 3 is 2.33 bits per heavy atom. The number of carbonyl (C=O) groups is 2. The maximum atomic E-state index is 12.7. The van der Waals surface area contributed by atoms with Crippen molar-refractivity contribution < 1.29 is 39.1 Å². The number of esters is 1. The quantitative estimate of drug-likeness (QED) is 0.209. The Morgan fingerprint density at radius 1 is 1.00 bits per heavy atom. The number of rotatable bonds is 4. The molecule has 238 valence electrons. The van der Waals surface area contributed by atoms with Crippen LogP contribution in [0.5, 0.6) is 0 Å². The maximum absolute atomic E-state index is 12.7. The first kappa shape index (κ1) is 37.3. The Bertz CT molecular complexity index is 938. The van der Waals surface area contributed by atoms with Crippen molar-refractivity contribution in [1.82, 2.24) is 0 Å². The number of ether oxygens (including phenoxy) is 3. The van der Waals surface area contributed by atoms with E-state index >= 15 is 0 Å². The molecule has 0 aliphatic carbocycles. The van der Waals surface area contributed by atoms with E-state index in [1.54, 1.807) is 42.5 Å². The van der Waals surface area contributed by atoms with E-state index in [4.69, 9.17) is 14.2 Å². The van der Waals surface area contributed by atoms with Crippen LogP contribution >= 0.6 is 0 Å². The molecule has 0 radical (unpaired) electrons. The molecule has 0 spiro atoms. The topological polar surface area (TPSA) is 123 Å². The Hall–Kier alpha value is -2.68. The maximum Gasteiger partial charge on any atom is 0.508 e. The van der Waals surface area contributed by atoms with Gasteiger partial charge in [-0.05, 0) is 31.1 Å². The van der Waals surface area contributed by atoms with E-state index in [0.717, 1.165) is 12.8 Å². The number of hydrogen-bond acceptors (Lipinski definition) is 8. The van der Waals surface area contributed by atoms with E-state index in [-0.39, 0.29) is 41.9 Å². The lowest BCUT2D eigenvalue weighted by molar-refractivity contribution is -0.150. The van der Waals surface area contributed by atoms with Gasteiger partial charge in [-0.2, -0.15) is 0 Å². The van der Waals surface area contributed by atoms with Gasteiger partial charge in [-0.1, -0.05) is 96.7 Å². The molecule has 0 bridgehead atoms. The van der Waals surface area contributed by atoms with Gasteiger partial charge in [0.15, 0.2) is 0 Å².